The van der Waals surface area contributed by atoms with Gasteiger partial charge in [-0.3, -0.25) is 14.9 Å². The fraction of sp³-hybridized carbons (Fsp3) is 0.529. The number of amides is 2. The van der Waals surface area contributed by atoms with Gasteiger partial charge in [0.25, 0.3) is 0 Å². The minimum atomic E-state index is -0.292. The lowest BCUT2D eigenvalue weighted by Crippen LogP contribution is -2.48. The zero-order valence-corrected chi connectivity index (χ0v) is 12.5. The van der Waals surface area contributed by atoms with Gasteiger partial charge in [-0.2, -0.15) is 0 Å². The molecule has 2 aliphatic rings. The van der Waals surface area contributed by atoms with E-state index in [-0.39, 0.29) is 35.9 Å². The molecule has 4 atom stereocenters. The van der Waals surface area contributed by atoms with Crippen LogP contribution in [0.1, 0.15) is 43.2 Å². The van der Waals surface area contributed by atoms with Gasteiger partial charge in [0.1, 0.15) is 0 Å². The summed E-state index contributed by atoms with van der Waals surface area (Å²) < 4.78 is 5.96. The summed E-state index contributed by atoms with van der Waals surface area (Å²) in [6, 6.07) is 7.91. The number of hydrogen-bond donors (Lipinski definition) is 1. The van der Waals surface area contributed by atoms with E-state index in [0.717, 1.165) is 24.0 Å². The molecule has 1 aromatic carbocycles. The van der Waals surface area contributed by atoms with Crippen LogP contribution in [0.2, 0.25) is 0 Å². The number of carbonyl (C=O) groups excluding carboxylic acids is 2. The molecule has 2 saturated heterocycles. The summed E-state index contributed by atoms with van der Waals surface area (Å²) in [5.74, 6) is -0.719. The van der Waals surface area contributed by atoms with Gasteiger partial charge in [0.2, 0.25) is 11.8 Å². The first-order chi connectivity index (χ1) is 10.1. The predicted molar refractivity (Wildman–Crippen MR) is 78.7 cm³/mol. The minimum absolute atomic E-state index is 0.000365. The molecule has 4 heteroatoms. The first kappa shape index (κ1) is 14.3. The molecule has 0 bridgehead atoms. The van der Waals surface area contributed by atoms with Gasteiger partial charge in [0.15, 0.2) is 0 Å². The number of benzene rings is 1. The largest absolute Gasteiger partial charge is 0.375 e. The molecule has 2 fully saturated rings. The lowest BCUT2D eigenvalue weighted by molar-refractivity contribution is -0.139. The molecule has 112 valence electrons. The van der Waals surface area contributed by atoms with Gasteiger partial charge in [-0.1, -0.05) is 24.3 Å². The number of piperidine rings is 1. The first-order valence-corrected chi connectivity index (χ1v) is 7.61. The molecule has 1 aromatic rings. The van der Waals surface area contributed by atoms with Crippen molar-refractivity contribution in [3.8, 4) is 0 Å². The van der Waals surface area contributed by atoms with E-state index in [2.05, 4.69) is 5.32 Å². The van der Waals surface area contributed by atoms with Crippen molar-refractivity contribution in [1.82, 2.24) is 5.32 Å². The third-order valence-electron chi connectivity index (χ3n) is 4.66. The number of imide groups is 1. The summed E-state index contributed by atoms with van der Waals surface area (Å²) in [5.41, 5.74) is 2.10. The summed E-state index contributed by atoms with van der Waals surface area (Å²) >= 11 is 0. The van der Waals surface area contributed by atoms with Gasteiger partial charge in [-0.05, 0) is 37.8 Å². The van der Waals surface area contributed by atoms with Crippen molar-refractivity contribution in [1.29, 1.82) is 0 Å². The second-order valence-corrected chi connectivity index (χ2v) is 6.18. The summed E-state index contributed by atoms with van der Waals surface area (Å²) in [5, 5.41) is 2.49. The van der Waals surface area contributed by atoms with E-state index in [1.165, 1.54) is 0 Å². The average Bonchev–Trinajstić information content (AvgIpc) is 2.86. The average molecular weight is 287 g/mol. The number of hydrogen-bond acceptors (Lipinski definition) is 3. The molecular weight excluding hydrogens is 266 g/mol. The Labute approximate surface area is 124 Å². The highest BCUT2D eigenvalue weighted by molar-refractivity contribution is 6.01. The van der Waals surface area contributed by atoms with Crippen molar-refractivity contribution in [3.63, 3.8) is 0 Å². The minimum Gasteiger partial charge on any atom is -0.375 e. The Kier molecular flexibility index (Phi) is 3.81. The quantitative estimate of drug-likeness (QED) is 0.849. The first-order valence-electron chi connectivity index (χ1n) is 7.61. The molecule has 0 aromatic heterocycles. The number of rotatable bonds is 2. The topological polar surface area (TPSA) is 55.4 Å². The van der Waals surface area contributed by atoms with Crippen LogP contribution in [0.3, 0.4) is 0 Å². The predicted octanol–water partition coefficient (Wildman–Crippen LogP) is 2.31. The highest BCUT2D eigenvalue weighted by Crippen LogP contribution is 2.39. The van der Waals surface area contributed by atoms with Gasteiger partial charge in [-0.25, -0.2) is 0 Å². The summed E-state index contributed by atoms with van der Waals surface area (Å²) in [6.45, 7) is 4.06. The number of aryl methyl sites for hydroxylation is 1. The van der Waals surface area contributed by atoms with Crippen LogP contribution >= 0.6 is 0 Å². The van der Waals surface area contributed by atoms with E-state index in [4.69, 9.17) is 4.74 Å². The Hall–Kier alpha value is -1.68. The fourth-order valence-corrected chi connectivity index (χ4v) is 3.59. The van der Waals surface area contributed by atoms with Crippen LogP contribution in [0.25, 0.3) is 0 Å². The molecule has 2 aliphatic heterocycles. The molecule has 4 nitrogen and oxygen atoms in total. The van der Waals surface area contributed by atoms with Crippen LogP contribution in [-0.4, -0.2) is 24.0 Å². The maximum atomic E-state index is 12.4. The monoisotopic (exact) mass is 287 g/mol. The number of carbonyl (C=O) groups is 2. The Balaban J connectivity index is 1.95. The van der Waals surface area contributed by atoms with E-state index in [9.17, 15) is 9.59 Å². The Morgan fingerprint density at radius 1 is 1.19 bits per heavy atom. The van der Waals surface area contributed by atoms with Gasteiger partial charge in [-0.15, -0.1) is 0 Å². The molecular formula is C17H21NO3. The molecule has 2 heterocycles. The molecule has 0 saturated carbocycles. The molecule has 3 rings (SSSR count). The molecule has 1 N–H and O–H groups in total. The Morgan fingerprint density at radius 2 is 1.95 bits per heavy atom. The van der Waals surface area contributed by atoms with Gasteiger partial charge < -0.3 is 4.74 Å². The second-order valence-electron chi connectivity index (χ2n) is 6.18. The summed E-state index contributed by atoms with van der Waals surface area (Å²) in [4.78, 5) is 24.2. The molecule has 0 spiro atoms. The third kappa shape index (κ3) is 2.72. The van der Waals surface area contributed by atoms with E-state index >= 15 is 0 Å². The van der Waals surface area contributed by atoms with Gasteiger partial charge >= 0.3 is 0 Å². The standard InChI is InChI=1S/C17H21NO3/c1-10-5-3-4-6-12(10)16-13(9-15(19)18-17(16)20)14-8-7-11(2)21-14/h3-6,11,13-14,16H,7-9H2,1-2H3,(H,18,19,20). The highest BCUT2D eigenvalue weighted by atomic mass is 16.5. The maximum absolute atomic E-state index is 12.4. The van der Waals surface area contributed by atoms with E-state index in [1.54, 1.807) is 0 Å². The second kappa shape index (κ2) is 5.60. The van der Waals surface area contributed by atoms with Crippen molar-refractivity contribution in [2.24, 2.45) is 5.92 Å². The van der Waals surface area contributed by atoms with Crippen molar-refractivity contribution < 1.29 is 14.3 Å². The van der Waals surface area contributed by atoms with Crippen LogP contribution < -0.4 is 5.32 Å². The van der Waals surface area contributed by atoms with E-state index in [0.29, 0.717) is 6.42 Å². The van der Waals surface area contributed by atoms with E-state index in [1.807, 2.05) is 38.1 Å². The fourth-order valence-electron chi connectivity index (χ4n) is 3.59. The van der Waals surface area contributed by atoms with Gasteiger partial charge in [0, 0.05) is 12.3 Å². The van der Waals surface area contributed by atoms with Crippen molar-refractivity contribution in [2.45, 2.75) is 51.2 Å². The molecule has 21 heavy (non-hydrogen) atoms. The lowest BCUT2D eigenvalue weighted by atomic mass is 9.75. The number of ether oxygens (including phenoxy) is 1. The molecule has 0 radical (unpaired) electrons. The smallest absolute Gasteiger partial charge is 0.234 e. The van der Waals surface area contributed by atoms with Crippen molar-refractivity contribution >= 4 is 11.8 Å². The molecule has 0 aliphatic carbocycles. The SMILES string of the molecule is Cc1ccccc1C1C(=O)NC(=O)CC1C1CCC(C)O1. The third-order valence-corrected chi connectivity index (χ3v) is 4.66. The molecule has 4 unspecified atom stereocenters. The van der Waals surface area contributed by atoms with Crippen molar-refractivity contribution in [2.75, 3.05) is 0 Å². The normalized spacial score (nSPS) is 33.0. The summed E-state index contributed by atoms with van der Waals surface area (Å²) in [7, 11) is 0. The number of nitrogens with one attached hydrogen (secondary N) is 1. The zero-order chi connectivity index (χ0) is 15.0. The van der Waals surface area contributed by atoms with E-state index < -0.39 is 0 Å². The van der Waals surface area contributed by atoms with Crippen LogP contribution in [-0.2, 0) is 14.3 Å². The lowest BCUT2D eigenvalue weighted by Gasteiger charge is -2.34. The van der Waals surface area contributed by atoms with Crippen LogP contribution in [0.5, 0.6) is 0 Å². The van der Waals surface area contributed by atoms with Gasteiger partial charge in [0.05, 0.1) is 18.1 Å². The van der Waals surface area contributed by atoms with Crippen LogP contribution in [0.4, 0.5) is 0 Å². The summed E-state index contributed by atoms with van der Waals surface area (Å²) in [6.07, 6.45) is 2.50. The zero-order valence-electron chi connectivity index (χ0n) is 12.5. The highest BCUT2D eigenvalue weighted by Gasteiger charge is 2.44. The Bertz CT molecular complexity index is 569. The maximum Gasteiger partial charge on any atom is 0.234 e. The molecule has 2 amide bonds. The van der Waals surface area contributed by atoms with Crippen molar-refractivity contribution in [3.05, 3.63) is 35.4 Å². The van der Waals surface area contributed by atoms with Crippen LogP contribution in [0, 0.1) is 12.8 Å². The Morgan fingerprint density at radius 3 is 2.62 bits per heavy atom. The van der Waals surface area contributed by atoms with Crippen LogP contribution in [0.15, 0.2) is 24.3 Å².